The molecule has 4 nitrogen and oxygen atoms in total. The van der Waals surface area contributed by atoms with Crippen molar-refractivity contribution in [1.82, 2.24) is 10.9 Å². The van der Waals surface area contributed by atoms with Gasteiger partial charge in [0, 0.05) is 31.4 Å². The zero-order chi connectivity index (χ0) is 13.8. The predicted molar refractivity (Wildman–Crippen MR) is 81.5 cm³/mol. The van der Waals surface area contributed by atoms with Gasteiger partial charge in [0.25, 0.3) is 0 Å². The van der Waals surface area contributed by atoms with Gasteiger partial charge in [-0.05, 0) is 43.2 Å². The minimum absolute atomic E-state index is 0.216. The molecule has 1 aromatic rings. The molecule has 2 fully saturated rings. The summed E-state index contributed by atoms with van der Waals surface area (Å²) in [6.07, 6.45) is 3.86. The van der Waals surface area contributed by atoms with E-state index in [4.69, 9.17) is 0 Å². The van der Waals surface area contributed by atoms with Crippen molar-refractivity contribution in [3.63, 3.8) is 0 Å². The summed E-state index contributed by atoms with van der Waals surface area (Å²) >= 11 is 0. The van der Waals surface area contributed by atoms with Crippen LogP contribution in [0.2, 0.25) is 0 Å². The summed E-state index contributed by atoms with van der Waals surface area (Å²) in [6.45, 7) is 3.11. The summed E-state index contributed by atoms with van der Waals surface area (Å²) < 4.78 is 0. The van der Waals surface area contributed by atoms with Gasteiger partial charge in [0.15, 0.2) is 0 Å². The molecule has 1 aromatic carbocycles. The fraction of sp³-hybridized carbons (Fsp3) is 0.625. The van der Waals surface area contributed by atoms with Gasteiger partial charge in [-0.15, -0.1) is 0 Å². The molecule has 1 aliphatic carbocycles. The van der Waals surface area contributed by atoms with Crippen LogP contribution in [0.5, 0.6) is 0 Å². The molecular weight excluding hydrogens is 250 g/mol. The number of benzene rings is 1. The van der Waals surface area contributed by atoms with Crippen molar-refractivity contribution in [2.45, 2.75) is 25.3 Å². The topological polar surface area (TPSA) is 47.5 Å². The highest BCUT2D eigenvalue weighted by atomic mass is 16.3. The minimum Gasteiger partial charge on any atom is -0.395 e. The first-order valence-corrected chi connectivity index (χ1v) is 7.76. The summed E-state index contributed by atoms with van der Waals surface area (Å²) in [5.74, 6) is 1.53. The van der Waals surface area contributed by atoms with Gasteiger partial charge in [-0.3, -0.25) is 10.9 Å². The molecule has 1 aliphatic heterocycles. The number of nitrogens with zero attached hydrogens (tertiary/aromatic N) is 1. The smallest absolute Gasteiger partial charge is 0.0606 e. The molecule has 20 heavy (non-hydrogen) atoms. The average molecular weight is 275 g/mol. The zero-order valence-electron chi connectivity index (χ0n) is 12.0. The summed E-state index contributed by atoms with van der Waals surface area (Å²) in [5.41, 5.74) is 7.93. The first-order chi connectivity index (χ1) is 9.86. The van der Waals surface area contributed by atoms with Crippen molar-refractivity contribution in [1.29, 1.82) is 0 Å². The molecule has 1 heterocycles. The summed E-state index contributed by atoms with van der Waals surface area (Å²) in [4.78, 5) is 2.33. The summed E-state index contributed by atoms with van der Waals surface area (Å²) in [5, 5.41) is 9.31. The quantitative estimate of drug-likeness (QED) is 0.760. The van der Waals surface area contributed by atoms with Crippen molar-refractivity contribution < 1.29 is 5.11 Å². The Morgan fingerprint density at radius 1 is 1.20 bits per heavy atom. The van der Waals surface area contributed by atoms with E-state index in [-0.39, 0.29) is 6.61 Å². The van der Waals surface area contributed by atoms with Gasteiger partial charge in [-0.1, -0.05) is 18.2 Å². The van der Waals surface area contributed by atoms with Crippen LogP contribution in [-0.4, -0.2) is 37.4 Å². The molecule has 0 aromatic heterocycles. The highest BCUT2D eigenvalue weighted by molar-refractivity contribution is 5.46. The maximum absolute atomic E-state index is 9.31. The predicted octanol–water partition coefficient (Wildman–Crippen LogP) is 1.38. The number of rotatable bonds is 5. The Morgan fingerprint density at radius 2 is 2.05 bits per heavy atom. The van der Waals surface area contributed by atoms with Gasteiger partial charge in [0.1, 0.15) is 0 Å². The van der Waals surface area contributed by atoms with Crippen LogP contribution in [0.1, 0.15) is 19.3 Å². The third kappa shape index (κ3) is 3.14. The number of hydrazine groups is 1. The fourth-order valence-electron chi connectivity index (χ4n) is 3.63. The van der Waals surface area contributed by atoms with Gasteiger partial charge in [-0.2, -0.15) is 0 Å². The highest BCUT2D eigenvalue weighted by Crippen LogP contribution is 2.32. The van der Waals surface area contributed by atoms with Gasteiger partial charge in [0.05, 0.1) is 6.61 Å². The molecule has 0 radical (unpaired) electrons. The van der Waals surface area contributed by atoms with Crippen LogP contribution >= 0.6 is 0 Å². The Balaban J connectivity index is 1.62. The first kappa shape index (κ1) is 13.9. The van der Waals surface area contributed by atoms with Crippen molar-refractivity contribution in [3.05, 3.63) is 30.3 Å². The van der Waals surface area contributed by atoms with Gasteiger partial charge >= 0.3 is 0 Å². The molecule has 2 aliphatic rings. The number of para-hydroxylation sites is 1. The number of hydrogen-bond donors (Lipinski definition) is 3. The largest absolute Gasteiger partial charge is 0.395 e. The maximum Gasteiger partial charge on any atom is 0.0606 e. The molecule has 3 atom stereocenters. The lowest BCUT2D eigenvalue weighted by atomic mass is 9.79. The highest BCUT2D eigenvalue weighted by Gasteiger charge is 2.34. The molecule has 3 N–H and O–H groups in total. The molecule has 3 rings (SSSR count). The Kier molecular flexibility index (Phi) is 4.55. The lowest BCUT2D eigenvalue weighted by Gasteiger charge is -2.35. The van der Waals surface area contributed by atoms with Crippen LogP contribution in [-0.2, 0) is 0 Å². The first-order valence-electron chi connectivity index (χ1n) is 7.76. The van der Waals surface area contributed by atoms with E-state index in [2.05, 4.69) is 40.0 Å². The molecule has 0 amide bonds. The third-order valence-electron chi connectivity index (χ3n) is 4.72. The van der Waals surface area contributed by atoms with E-state index in [1.165, 1.54) is 24.9 Å². The van der Waals surface area contributed by atoms with E-state index in [1.54, 1.807) is 0 Å². The van der Waals surface area contributed by atoms with E-state index >= 15 is 0 Å². The molecule has 1 saturated heterocycles. The number of nitrogens with one attached hydrogen (secondary N) is 2. The monoisotopic (exact) mass is 275 g/mol. The van der Waals surface area contributed by atoms with Crippen molar-refractivity contribution in [2.75, 3.05) is 31.1 Å². The van der Waals surface area contributed by atoms with E-state index in [9.17, 15) is 5.11 Å². The Labute approximate surface area is 121 Å². The lowest BCUT2D eigenvalue weighted by molar-refractivity contribution is 0.249. The van der Waals surface area contributed by atoms with Crippen LogP contribution in [0.25, 0.3) is 0 Å². The Bertz CT molecular complexity index is 411. The van der Waals surface area contributed by atoms with Gasteiger partial charge < -0.3 is 10.0 Å². The normalized spacial score (nSPS) is 29.1. The summed E-state index contributed by atoms with van der Waals surface area (Å²) in [7, 11) is 0. The Hall–Kier alpha value is -1.10. The molecule has 110 valence electrons. The lowest BCUT2D eigenvalue weighted by Crippen LogP contribution is -2.40. The van der Waals surface area contributed by atoms with Crippen LogP contribution in [0.15, 0.2) is 30.3 Å². The SMILES string of the molecule is OCCN(CC1CCC2CNNC2C1)c1ccccc1. The van der Waals surface area contributed by atoms with Crippen molar-refractivity contribution in [3.8, 4) is 0 Å². The maximum atomic E-state index is 9.31. The van der Waals surface area contributed by atoms with E-state index < -0.39 is 0 Å². The molecule has 3 unspecified atom stereocenters. The van der Waals surface area contributed by atoms with Crippen LogP contribution in [0.3, 0.4) is 0 Å². The van der Waals surface area contributed by atoms with E-state index in [0.29, 0.717) is 6.04 Å². The number of anilines is 1. The van der Waals surface area contributed by atoms with Crippen molar-refractivity contribution in [2.24, 2.45) is 11.8 Å². The second-order valence-corrected chi connectivity index (χ2v) is 6.08. The average Bonchev–Trinajstić information content (AvgIpc) is 2.95. The Morgan fingerprint density at radius 3 is 2.85 bits per heavy atom. The number of hydrogen-bond acceptors (Lipinski definition) is 4. The van der Waals surface area contributed by atoms with E-state index in [1.807, 2.05) is 6.07 Å². The second-order valence-electron chi connectivity index (χ2n) is 6.08. The van der Waals surface area contributed by atoms with Crippen LogP contribution in [0, 0.1) is 11.8 Å². The second kappa shape index (κ2) is 6.57. The third-order valence-corrected chi connectivity index (χ3v) is 4.72. The number of aliphatic hydroxyl groups excluding tert-OH is 1. The van der Waals surface area contributed by atoms with Crippen LogP contribution in [0.4, 0.5) is 5.69 Å². The molecule has 4 heteroatoms. The minimum atomic E-state index is 0.216. The molecule has 1 saturated carbocycles. The van der Waals surface area contributed by atoms with Crippen molar-refractivity contribution >= 4 is 5.69 Å². The summed E-state index contributed by atoms with van der Waals surface area (Å²) in [6, 6.07) is 11.1. The fourth-order valence-corrected chi connectivity index (χ4v) is 3.63. The van der Waals surface area contributed by atoms with Crippen LogP contribution < -0.4 is 15.8 Å². The zero-order valence-corrected chi connectivity index (χ0v) is 12.0. The number of fused-ring (bicyclic) bond motifs is 1. The standard InChI is InChI=1S/C16H25N3O/c20-9-8-19(15-4-2-1-3-5-15)12-13-6-7-14-11-17-18-16(14)10-13/h1-5,13-14,16-18,20H,6-12H2. The van der Waals surface area contributed by atoms with Gasteiger partial charge in [-0.25, -0.2) is 0 Å². The molecular formula is C16H25N3O. The van der Waals surface area contributed by atoms with E-state index in [0.717, 1.165) is 31.5 Å². The molecule has 0 bridgehead atoms. The number of aliphatic hydroxyl groups is 1. The molecule has 0 spiro atoms. The van der Waals surface area contributed by atoms with Gasteiger partial charge in [0.2, 0.25) is 0 Å².